The van der Waals surface area contributed by atoms with Crippen LogP contribution in [-0.2, 0) is 4.74 Å². The molecule has 1 aliphatic rings. The van der Waals surface area contributed by atoms with E-state index in [1.807, 2.05) is 6.07 Å². The third kappa shape index (κ3) is 3.47. The third-order valence-corrected chi connectivity index (χ3v) is 3.86. The largest absolute Gasteiger partial charge is 0.462 e. The van der Waals surface area contributed by atoms with Crippen LogP contribution in [0.25, 0.3) is 0 Å². The van der Waals surface area contributed by atoms with Crippen LogP contribution in [0.5, 0.6) is 5.75 Å². The van der Waals surface area contributed by atoms with Gasteiger partial charge in [-0.2, -0.15) is 0 Å². The molecule has 24 heavy (non-hydrogen) atoms. The summed E-state index contributed by atoms with van der Waals surface area (Å²) in [7, 11) is 0. The van der Waals surface area contributed by atoms with Crippen molar-refractivity contribution in [3.05, 3.63) is 65.7 Å². The molecular formula is C18H18O6. The van der Waals surface area contributed by atoms with E-state index in [9.17, 15) is 20.1 Å². The molecule has 0 bridgehead atoms. The predicted octanol–water partition coefficient (Wildman–Crippen LogP) is 0.735. The number of carbonyl (C=O) groups excluding carboxylic acids is 1. The molecular weight excluding hydrogens is 312 g/mol. The van der Waals surface area contributed by atoms with Crippen LogP contribution >= 0.6 is 0 Å². The quantitative estimate of drug-likeness (QED) is 0.716. The van der Waals surface area contributed by atoms with Gasteiger partial charge in [0.15, 0.2) is 5.78 Å². The Morgan fingerprint density at radius 2 is 1.54 bits per heavy atom. The zero-order valence-electron chi connectivity index (χ0n) is 12.8. The van der Waals surface area contributed by atoms with E-state index in [2.05, 4.69) is 0 Å². The highest BCUT2D eigenvalue weighted by Gasteiger charge is 2.38. The van der Waals surface area contributed by atoms with Crippen molar-refractivity contribution in [2.24, 2.45) is 0 Å². The highest BCUT2D eigenvalue weighted by molar-refractivity contribution is 6.08. The summed E-state index contributed by atoms with van der Waals surface area (Å²) in [6.45, 7) is -0.131. The maximum atomic E-state index is 12.3. The Bertz CT molecular complexity index is 684. The summed E-state index contributed by atoms with van der Waals surface area (Å²) in [5.41, 5.74) is 1.10. The van der Waals surface area contributed by atoms with Gasteiger partial charge in [-0.05, 0) is 24.3 Å². The number of benzene rings is 2. The summed E-state index contributed by atoms with van der Waals surface area (Å²) in [4.78, 5) is 12.3. The lowest BCUT2D eigenvalue weighted by molar-refractivity contribution is -0.242. The number of ketones is 1. The lowest BCUT2D eigenvalue weighted by Crippen LogP contribution is -2.54. The Labute approximate surface area is 138 Å². The third-order valence-electron chi connectivity index (χ3n) is 3.86. The first-order valence-corrected chi connectivity index (χ1v) is 7.58. The van der Waals surface area contributed by atoms with E-state index in [1.165, 1.54) is 0 Å². The van der Waals surface area contributed by atoms with Crippen LogP contribution < -0.4 is 4.74 Å². The molecule has 6 heteroatoms. The molecule has 0 aliphatic carbocycles. The van der Waals surface area contributed by atoms with Crippen molar-refractivity contribution in [3.8, 4) is 5.75 Å². The van der Waals surface area contributed by atoms with E-state index < -0.39 is 24.6 Å². The van der Waals surface area contributed by atoms with Gasteiger partial charge in [-0.1, -0.05) is 30.3 Å². The van der Waals surface area contributed by atoms with Crippen molar-refractivity contribution in [2.45, 2.75) is 24.6 Å². The zero-order chi connectivity index (χ0) is 17.1. The standard InChI is InChI=1S/C18H18O6/c19-14-10-23-18(17(22)16(14)21)24-13-8-6-12(7-9-13)15(20)11-4-2-1-3-5-11/h1-9,14,16-19,21-22H,10H2. The minimum atomic E-state index is -1.36. The Hall–Kier alpha value is -2.25. The van der Waals surface area contributed by atoms with E-state index in [0.717, 1.165) is 0 Å². The summed E-state index contributed by atoms with van der Waals surface area (Å²) in [5.74, 6) is 0.280. The van der Waals surface area contributed by atoms with Crippen LogP contribution in [0, 0.1) is 0 Å². The summed E-state index contributed by atoms with van der Waals surface area (Å²) in [6.07, 6.45) is -4.92. The van der Waals surface area contributed by atoms with Gasteiger partial charge in [0.25, 0.3) is 0 Å². The second kappa shape index (κ2) is 7.11. The normalized spacial score (nSPS) is 26.8. The maximum Gasteiger partial charge on any atom is 0.228 e. The molecule has 4 unspecified atom stereocenters. The number of rotatable bonds is 4. The summed E-state index contributed by atoms with van der Waals surface area (Å²) in [6, 6.07) is 15.3. The molecule has 0 radical (unpaired) electrons. The van der Waals surface area contributed by atoms with Gasteiger partial charge in [0.05, 0.1) is 6.61 Å². The van der Waals surface area contributed by atoms with Gasteiger partial charge < -0.3 is 24.8 Å². The first-order valence-electron chi connectivity index (χ1n) is 7.58. The van der Waals surface area contributed by atoms with Crippen molar-refractivity contribution in [1.29, 1.82) is 0 Å². The number of carbonyl (C=O) groups is 1. The lowest BCUT2D eigenvalue weighted by atomic mass is 10.0. The molecule has 6 nitrogen and oxygen atoms in total. The SMILES string of the molecule is O=C(c1ccccc1)c1ccc(OC2OCC(O)C(O)C2O)cc1. The predicted molar refractivity (Wildman–Crippen MR) is 84.7 cm³/mol. The van der Waals surface area contributed by atoms with Gasteiger partial charge in [0.1, 0.15) is 24.1 Å². The molecule has 1 heterocycles. The van der Waals surface area contributed by atoms with Crippen LogP contribution in [0.3, 0.4) is 0 Å². The molecule has 1 saturated heterocycles. The van der Waals surface area contributed by atoms with E-state index in [0.29, 0.717) is 16.9 Å². The fourth-order valence-electron chi connectivity index (χ4n) is 2.46. The maximum absolute atomic E-state index is 12.3. The van der Waals surface area contributed by atoms with Gasteiger partial charge in [0.2, 0.25) is 6.29 Å². The topological polar surface area (TPSA) is 96.2 Å². The van der Waals surface area contributed by atoms with E-state index in [1.54, 1.807) is 48.5 Å². The smallest absolute Gasteiger partial charge is 0.228 e. The van der Waals surface area contributed by atoms with Gasteiger partial charge in [-0.3, -0.25) is 4.79 Å². The van der Waals surface area contributed by atoms with Crippen LogP contribution in [0.4, 0.5) is 0 Å². The van der Waals surface area contributed by atoms with Gasteiger partial charge in [-0.15, -0.1) is 0 Å². The second-order valence-corrected chi connectivity index (χ2v) is 5.59. The van der Waals surface area contributed by atoms with E-state index >= 15 is 0 Å². The Morgan fingerprint density at radius 1 is 0.917 bits per heavy atom. The summed E-state index contributed by atoms with van der Waals surface area (Å²) < 4.78 is 10.6. The molecule has 0 saturated carbocycles. The number of hydrogen-bond acceptors (Lipinski definition) is 6. The first-order chi connectivity index (χ1) is 11.6. The Morgan fingerprint density at radius 3 is 2.21 bits per heavy atom. The van der Waals surface area contributed by atoms with Crippen LogP contribution in [-0.4, -0.2) is 52.3 Å². The minimum absolute atomic E-state index is 0.102. The number of aliphatic hydroxyl groups is 3. The van der Waals surface area contributed by atoms with E-state index in [4.69, 9.17) is 9.47 Å². The molecule has 0 amide bonds. The fraction of sp³-hybridized carbons (Fsp3) is 0.278. The average Bonchev–Trinajstić information content (AvgIpc) is 2.63. The highest BCUT2D eigenvalue weighted by atomic mass is 16.7. The molecule has 3 N–H and O–H groups in total. The number of ether oxygens (including phenoxy) is 2. The second-order valence-electron chi connectivity index (χ2n) is 5.59. The molecule has 1 fully saturated rings. The lowest BCUT2D eigenvalue weighted by Gasteiger charge is -2.34. The molecule has 126 valence electrons. The molecule has 4 atom stereocenters. The molecule has 3 rings (SSSR count). The van der Waals surface area contributed by atoms with Crippen molar-refractivity contribution < 1.29 is 29.6 Å². The van der Waals surface area contributed by atoms with E-state index in [-0.39, 0.29) is 12.4 Å². The Kier molecular flexibility index (Phi) is 4.92. The Balaban J connectivity index is 1.68. The van der Waals surface area contributed by atoms with Gasteiger partial charge in [0, 0.05) is 11.1 Å². The molecule has 0 aromatic heterocycles. The van der Waals surface area contributed by atoms with Crippen LogP contribution in [0.2, 0.25) is 0 Å². The highest BCUT2D eigenvalue weighted by Crippen LogP contribution is 2.21. The number of hydrogen-bond donors (Lipinski definition) is 3. The molecule has 2 aromatic carbocycles. The molecule has 1 aliphatic heterocycles. The average molecular weight is 330 g/mol. The molecule has 2 aromatic rings. The monoisotopic (exact) mass is 330 g/mol. The first kappa shape index (κ1) is 16.6. The minimum Gasteiger partial charge on any atom is -0.462 e. The van der Waals surface area contributed by atoms with Crippen molar-refractivity contribution in [3.63, 3.8) is 0 Å². The summed E-state index contributed by atoms with van der Waals surface area (Å²) in [5, 5.41) is 28.9. The van der Waals surface area contributed by atoms with Crippen molar-refractivity contribution in [2.75, 3.05) is 6.61 Å². The number of aliphatic hydroxyl groups excluding tert-OH is 3. The zero-order valence-corrected chi connectivity index (χ0v) is 12.8. The summed E-state index contributed by atoms with van der Waals surface area (Å²) >= 11 is 0. The van der Waals surface area contributed by atoms with Crippen molar-refractivity contribution in [1.82, 2.24) is 0 Å². The fourth-order valence-corrected chi connectivity index (χ4v) is 2.46. The van der Waals surface area contributed by atoms with Crippen molar-refractivity contribution >= 4 is 5.78 Å². The van der Waals surface area contributed by atoms with Crippen LogP contribution in [0.1, 0.15) is 15.9 Å². The van der Waals surface area contributed by atoms with Gasteiger partial charge >= 0.3 is 0 Å². The molecule has 0 spiro atoms. The van der Waals surface area contributed by atoms with Gasteiger partial charge in [-0.25, -0.2) is 0 Å². The van der Waals surface area contributed by atoms with Crippen LogP contribution in [0.15, 0.2) is 54.6 Å².